The molecule has 3 rings (SSSR count). The van der Waals surface area contributed by atoms with Gasteiger partial charge in [-0.05, 0) is 17.5 Å². The molecule has 0 amide bonds. The van der Waals surface area contributed by atoms with Crippen LogP contribution in [0.1, 0.15) is 5.69 Å². The fourth-order valence-corrected chi connectivity index (χ4v) is 2.18. The highest BCUT2D eigenvalue weighted by Crippen LogP contribution is 2.27. The maximum atomic E-state index is 9.12. The third-order valence-electron chi connectivity index (χ3n) is 2.77. The van der Waals surface area contributed by atoms with E-state index in [1.165, 1.54) is 0 Å². The van der Waals surface area contributed by atoms with Gasteiger partial charge >= 0.3 is 0 Å². The molecule has 0 saturated carbocycles. The van der Waals surface area contributed by atoms with Crippen LogP contribution in [0.15, 0.2) is 42.5 Å². The van der Waals surface area contributed by atoms with Crippen LogP contribution in [-0.2, 0) is 0 Å². The van der Waals surface area contributed by atoms with E-state index in [-0.39, 0.29) is 0 Å². The molecule has 1 heterocycles. The molecule has 0 aliphatic heterocycles. The summed E-state index contributed by atoms with van der Waals surface area (Å²) in [6, 6.07) is 15.5. The first-order valence-corrected chi connectivity index (χ1v) is 5.55. The largest absolute Gasteiger partial charge is 0.236 e. The molecule has 3 heteroatoms. The van der Waals surface area contributed by atoms with Gasteiger partial charge in [0, 0.05) is 15.8 Å². The first-order chi connectivity index (χ1) is 8.29. The Kier molecular flexibility index (Phi) is 2.21. The van der Waals surface area contributed by atoms with Crippen molar-refractivity contribution in [2.75, 3.05) is 0 Å². The highest BCUT2D eigenvalue weighted by molar-refractivity contribution is 6.31. The summed E-state index contributed by atoms with van der Waals surface area (Å²) in [6.07, 6.45) is 0. The van der Waals surface area contributed by atoms with Gasteiger partial charge in [-0.2, -0.15) is 5.26 Å². The second-order valence-corrected chi connectivity index (χ2v) is 4.22. The number of nitriles is 1. The van der Waals surface area contributed by atoms with Crippen LogP contribution in [0.3, 0.4) is 0 Å². The molecule has 2 nitrogen and oxygen atoms in total. The van der Waals surface area contributed by atoms with Crippen LogP contribution >= 0.6 is 11.6 Å². The zero-order valence-corrected chi connectivity index (χ0v) is 9.57. The first-order valence-electron chi connectivity index (χ1n) is 5.18. The van der Waals surface area contributed by atoms with Crippen molar-refractivity contribution in [3.05, 3.63) is 53.2 Å². The van der Waals surface area contributed by atoms with Crippen molar-refractivity contribution >= 4 is 33.3 Å². The first kappa shape index (κ1) is 10.1. The Morgan fingerprint density at radius 2 is 1.76 bits per heavy atom. The second-order valence-electron chi connectivity index (χ2n) is 3.78. The summed E-state index contributed by atoms with van der Waals surface area (Å²) in [7, 11) is 0. The minimum atomic E-state index is 0.440. The monoisotopic (exact) mass is 238 g/mol. The summed E-state index contributed by atoms with van der Waals surface area (Å²) in [6.45, 7) is 0. The van der Waals surface area contributed by atoms with Crippen molar-refractivity contribution in [3.63, 3.8) is 0 Å². The average molecular weight is 239 g/mol. The summed E-state index contributed by atoms with van der Waals surface area (Å²) in [5.41, 5.74) is 1.20. The molecular formula is C14H7ClN2. The molecule has 0 N–H and O–H groups in total. The quantitative estimate of drug-likeness (QED) is 0.557. The van der Waals surface area contributed by atoms with Gasteiger partial charge in [0.05, 0.1) is 5.52 Å². The van der Waals surface area contributed by atoms with E-state index in [0.717, 1.165) is 21.7 Å². The van der Waals surface area contributed by atoms with E-state index < -0.39 is 0 Å². The van der Waals surface area contributed by atoms with Gasteiger partial charge < -0.3 is 0 Å². The lowest BCUT2D eigenvalue weighted by molar-refractivity contribution is 1.35. The number of aromatic nitrogens is 1. The van der Waals surface area contributed by atoms with Gasteiger partial charge in [-0.3, -0.25) is 0 Å². The van der Waals surface area contributed by atoms with E-state index in [0.29, 0.717) is 10.7 Å². The molecule has 0 aliphatic carbocycles. The van der Waals surface area contributed by atoms with E-state index >= 15 is 0 Å². The van der Waals surface area contributed by atoms with Crippen molar-refractivity contribution in [3.8, 4) is 6.07 Å². The molecule has 0 bridgehead atoms. The number of fused-ring (bicyclic) bond motifs is 3. The van der Waals surface area contributed by atoms with Crippen LogP contribution in [0, 0.1) is 11.3 Å². The van der Waals surface area contributed by atoms with Gasteiger partial charge in [-0.25, -0.2) is 4.98 Å². The Hall–Kier alpha value is -2.11. The lowest BCUT2D eigenvalue weighted by Gasteiger charge is -2.05. The molecule has 0 aliphatic rings. The van der Waals surface area contributed by atoms with Crippen LogP contribution in [-0.4, -0.2) is 4.98 Å². The van der Waals surface area contributed by atoms with Crippen LogP contribution in [0.2, 0.25) is 5.02 Å². The standard InChI is InChI=1S/C14H7ClN2/c15-9-5-6-12-10-3-1-2-4-11(10)14(8-16)17-13(12)7-9/h1-7H. The highest BCUT2D eigenvalue weighted by atomic mass is 35.5. The van der Waals surface area contributed by atoms with E-state index in [9.17, 15) is 0 Å². The third-order valence-corrected chi connectivity index (χ3v) is 3.01. The van der Waals surface area contributed by atoms with E-state index in [2.05, 4.69) is 11.1 Å². The third kappa shape index (κ3) is 1.52. The van der Waals surface area contributed by atoms with Gasteiger partial charge in [-0.15, -0.1) is 0 Å². The number of benzene rings is 2. The fourth-order valence-electron chi connectivity index (χ4n) is 2.02. The summed E-state index contributed by atoms with van der Waals surface area (Å²) in [5, 5.41) is 12.7. The highest BCUT2D eigenvalue weighted by Gasteiger charge is 2.07. The predicted molar refractivity (Wildman–Crippen MR) is 69.0 cm³/mol. The molecule has 0 fully saturated rings. The molecule has 0 radical (unpaired) electrons. The molecule has 0 spiro atoms. The second kappa shape index (κ2) is 3.73. The minimum absolute atomic E-state index is 0.440. The van der Waals surface area contributed by atoms with Gasteiger partial charge in [0.1, 0.15) is 11.8 Å². The molecule has 0 unspecified atom stereocenters. The van der Waals surface area contributed by atoms with Gasteiger partial charge in [0.15, 0.2) is 0 Å². The van der Waals surface area contributed by atoms with Gasteiger partial charge in [-0.1, -0.05) is 41.9 Å². The maximum absolute atomic E-state index is 9.12. The Labute approximate surface area is 103 Å². The van der Waals surface area contributed by atoms with Crippen molar-refractivity contribution in [1.82, 2.24) is 4.98 Å². The Balaban J connectivity index is 2.60. The molecular weight excluding hydrogens is 232 g/mol. The Bertz CT molecular complexity index is 772. The Morgan fingerprint density at radius 3 is 2.53 bits per heavy atom. The van der Waals surface area contributed by atoms with E-state index in [1.54, 1.807) is 6.07 Å². The zero-order valence-electron chi connectivity index (χ0n) is 8.81. The topological polar surface area (TPSA) is 36.7 Å². The van der Waals surface area contributed by atoms with Gasteiger partial charge in [0.2, 0.25) is 0 Å². The van der Waals surface area contributed by atoms with Crippen molar-refractivity contribution in [2.45, 2.75) is 0 Å². The van der Waals surface area contributed by atoms with Crippen LogP contribution < -0.4 is 0 Å². The van der Waals surface area contributed by atoms with Gasteiger partial charge in [0.25, 0.3) is 0 Å². The smallest absolute Gasteiger partial charge is 0.149 e. The summed E-state index contributed by atoms with van der Waals surface area (Å²) < 4.78 is 0. The molecule has 0 saturated heterocycles. The minimum Gasteiger partial charge on any atom is -0.236 e. The molecule has 17 heavy (non-hydrogen) atoms. The zero-order chi connectivity index (χ0) is 11.8. The Morgan fingerprint density at radius 1 is 1.00 bits per heavy atom. The fraction of sp³-hybridized carbons (Fsp3) is 0. The number of nitrogens with zero attached hydrogens (tertiary/aromatic N) is 2. The summed E-state index contributed by atoms with van der Waals surface area (Å²) >= 11 is 5.94. The number of hydrogen-bond acceptors (Lipinski definition) is 2. The lowest BCUT2D eigenvalue weighted by atomic mass is 10.0. The molecule has 1 aromatic heterocycles. The SMILES string of the molecule is N#Cc1nc2cc(Cl)ccc2c2ccccc12. The molecule has 80 valence electrons. The van der Waals surface area contributed by atoms with Crippen molar-refractivity contribution in [2.24, 2.45) is 0 Å². The van der Waals surface area contributed by atoms with Crippen LogP contribution in [0.4, 0.5) is 0 Å². The molecule has 0 atom stereocenters. The lowest BCUT2D eigenvalue weighted by Crippen LogP contribution is -1.88. The normalized spacial score (nSPS) is 10.6. The van der Waals surface area contributed by atoms with Crippen LogP contribution in [0.25, 0.3) is 21.7 Å². The van der Waals surface area contributed by atoms with Crippen molar-refractivity contribution < 1.29 is 0 Å². The number of halogens is 1. The maximum Gasteiger partial charge on any atom is 0.149 e. The number of pyridine rings is 1. The number of rotatable bonds is 0. The summed E-state index contributed by atoms with van der Waals surface area (Å²) in [4.78, 5) is 4.34. The van der Waals surface area contributed by atoms with Crippen LogP contribution in [0.5, 0.6) is 0 Å². The summed E-state index contributed by atoms with van der Waals surface area (Å²) in [5.74, 6) is 0. The molecule has 2 aromatic carbocycles. The number of hydrogen-bond donors (Lipinski definition) is 0. The predicted octanol–water partition coefficient (Wildman–Crippen LogP) is 3.91. The van der Waals surface area contributed by atoms with E-state index in [4.69, 9.17) is 16.9 Å². The van der Waals surface area contributed by atoms with Crippen molar-refractivity contribution in [1.29, 1.82) is 5.26 Å². The van der Waals surface area contributed by atoms with E-state index in [1.807, 2.05) is 36.4 Å². The average Bonchev–Trinajstić information content (AvgIpc) is 2.37. The molecule has 3 aromatic rings.